The second-order valence-corrected chi connectivity index (χ2v) is 13.0. The Labute approximate surface area is 223 Å². The van der Waals surface area contributed by atoms with Crippen LogP contribution in [0.25, 0.3) is 23.3 Å². The molecule has 0 radical (unpaired) electrons. The van der Waals surface area contributed by atoms with E-state index in [9.17, 15) is 0 Å². The summed E-state index contributed by atoms with van der Waals surface area (Å²) < 4.78 is 1.17. The van der Waals surface area contributed by atoms with Gasteiger partial charge in [-0.3, -0.25) is 0 Å². The summed E-state index contributed by atoms with van der Waals surface area (Å²) in [5.74, 6) is 0. The molecule has 0 N–H and O–H groups in total. The summed E-state index contributed by atoms with van der Waals surface area (Å²) in [5, 5.41) is 3.12. The minimum atomic E-state index is -0.338. The van der Waals surface area contributed by atoms with Crippen LogP contribution in [0.3, 0.4) is 0 Å². The van der Waals surface area contributed by atoms with E-state index < -0.39 is 0 Å². The molecule has 2 aliphatic rings. The van der Waals surface area contributed by atoms with E-state index in [2.05, 4.69) is 123 Å². The van der Waals surface area contributed by atoms with Crippen molar-refractivity contribution in [1.29, 1.82) is 0 Å². The van der Waals surface area contributed by atoms with Crippen molar-refractivity contribution in [3.8, 4) is 11.1 Å². The monoisotopic (exact) mass is 528 g/mol. The van der Waals surface area contributed by atoms with Crippen molar-refractivity contribution in [3.05, 3.63) is 136 Å². The normalized spacial score (nSPS) is 17.4. The van der Waals surface area contributed by atoms with Gasteiger partial charge in [0.15, 0.2) is 0 Å². The fourth-order valence-corrected chi connectivity index (χ4v) is 10.1. The first-order chi connectivity index (χ1) is 16.7. The van der Waals surface area contributed by atoms with Crippen LogP contribution in [0.1, 0.15) is 43.2 Å². The van der Waals surface area contributed by atoms with E-state index in [1.54, 1.807) is 22.0 Å². The van der Waals surface area contributed by atoms with E-state index in [1.165, 1.54) is 33.1 Å². The molecule has 0 fully saturated rings. The zero-order valence-corrected chi connectivity index (χ0v) is 22.9. The summed E-state index contributed by atoms with van der Waals surface area (Å²) in [6.45, 7) is 4.61. The molecule has 6 rings (SSSR count). The van der Waals surface area contributed by atoms with E-state index in [-0.39, 0.29) is 28.6 Å². The molecule has 4 aromatic rings. The fourth-order valence-electron chi connectivity index (χ4n) is 5.29. The Balaban J connectivity index is 0.00000152. The molecule has 0 heterocycles. The van der Waals surface area contributed by atoms with Crippen molar-refractivity contribution in [1.82, 2.24) is 0 Å². The van der Waals surface area contributed by atoms with Gasteiger partial charge in [0.2, 0.25) is 0 Å². The molecule has 4 aromatic carbocycles. The summed E-state index contributed by atoms with van der Waals surface area (Å²) in [4.78, 5) is 0. The summed E-state index contributed by atoms with van der Waals surface area (Å²) in [5.41, 5.74) is 11.6. The first kappa shape index (κ1) is 26.4. The maximum absolute atomic E-state index is 2.50. The smallest absolute Gasteiger partial charge is 1.00 e. The minimum absolute atomic E-state index is 0. The van der Waals surface area contributed by atoms with Crippen molar-refractivity contribution in [2.75, 3.05) is 0 Å². The van der Waals surface area contributed by atoms with Crippen LogP contribution in [0.15, 0.2) is 108 Å². The van der Waals surface area contributed by atoms with Crippen molar-refractivity contribution in [2.24, 2.45) is 0 Å². The van der Waals surface area contributed by atoms with Gasteiger partial charge in [-0.05, 0) is 0 Å². The Bertz CT molecular complexity index is 1440. The summed E-state index contributed by atoms with van der Waals surface area (Å²) in [6.07, 6.45) is 4.98. The number of aryl methyl sites for hydroxylation is 1. The van der Waals surface area contributed by atoms with Crippen LogP contribution in [0, 0.1) is 6.92 Å². The molecular weight excluding hydrogens is 501 g/mol. The molecule has 178 valence electrons. The van der Waals surface area contributed by atoms with Gasteiger partial charge >= 0.3 is 214 Å². The van der Waals surface area contributed by atoms with E-state index in [1.807, 2.05) is 0 Å². The van der Waals surface area contributed by atoms with Gasteiger partial charge in [-0.1, -0.05) is 0 Å². The summed E-state index contributed by atoms with van der Waals surface area (Å²) in [7, 11) is 0.749. The quantitative estimate of drug-likeness (QED) is 0.276. The molecule has 0 bridgehead atoms. The van der Waals surface area contributed by atoms with Gasteiger partial charge in [-0.15, -0.1) is 0 Å². The first-order valence-corrected chi connectivity index (χ1v) is 14.7. The molecule has 0 aliphatic heterocycles. The third kappa shape index (κ3) is 4.83. The number of hydrogen-bond acceptors (Lipinski definition) is 0. The van der Waals surface area contributed by atoms with Crippen LogP contribution in [-0.2, 0) is 19.2 Å². The topological polar surface area (TPSA) is 0 Å². The van der Waals surface area contributed by atoms with Gasteiger partial charge in [0.1, 0.15) is 0 Å². The number of benzene rings is 4. The standard InChI is InChI=1S/C16H14P.C16H13.2FH.Ti/c1-12-6-2-5-9-16(12)17-15-10-13-7-3-4-8-14(13)11-15;1-12-10-14-8-5-9-15(16(14)11-12)13-6-3-2-4-7-13;;;/h2-11,17H,1H3;2-11H,1H3;2*1H;/q;;;;+2/p-2. The molecule has 0 saturated heterocycles. The van der Waals surface area contributed by atoms with Gasteiger partial charge < -0.3 is 9.41 Å². The molecule has 0 amide bonds. The zero-order chi connectivity index (χ0) is 23.1. The second kappa shape index (κ2) is 11.2. The minimum Gasteiger partial charge on any atom is -1.00 e. The maximum atomic E-state index is 2.50. The van der Waals surface area contributed by atoms with Gasteiger partial charge in [0, 0.05) is 0 Å². The van der Waals surface area contributed by atoms with Crippen LogP contribution in [0.4, 0.5) is 0 Å². The molecule has 3 atom stereocenters. The Morgan fingerprint density at radius 1 is 0.639 bits per heavy atom. The van der Waals surface area contributed by atoms with Crippen LogP contribution in [-0.4, -0.2) is 0 Å². The van der Waals surface area contributed by atoms with Crippen molar-refractivity contribution in [3.63, 3.8) is 0 Å². The van der Waals surface area contributed by atoms with Crippen LogP contribution in [0.2, 0.25) is 0 Å². The number of halogens is 2. The second-order valence-electron chi connectivity index (χ2n) is 9.26. The van der Waals surface area contributed by atoms with Gasteiger partial charge in [-0.25, -0.2) is 0 Å². The average Bonchev–Trinajstić information content (AvgIpc) is 3.38. The number of rotatable bonds is 5. The molecule has 2 aliphatic carbocycles. The Hall–Kier alpha value is -2.64. The predicted molar refractivity (Wildman–Crippen MR) is 145 cm³/mol. The van der Waals surface area contributed by atoms with Gasteiger partial charge in [0.25, 0.3) is 0 Å². The van der Waals surface area contributed by atoms with E-state index in [0.717, 1.165) is 8.58 Å². The van der Waals surface area contributed by atoms with Crippen LogP contribution in [0.5, 0.6) is 0 Å². The maximum Gasteiger partial charge on any atom is -1.00 e. The predicted octanol–water partition coefficient (Wildman–Crippen LogP) is 2.31. The van der Waals surface area contributed by atoms with Crippen LogP contribution >= 0.6 is 8.58 Å². The SMILES string of the molecule is CC1=Cc2c(-c3ccccc3)cccc2[CH]1[Ti+2][CH]1C(Pc2ccccc2C)=Cc2ccccc21.[F-].[F-]. The van der Waals surface area contributed by atoms with Gasteiger partial charge in [-0.2, -0.15) is 0 Å². The Kier molecular flexibility index (Phi) is 8.21. The Morgan fingerprint density at radius 2 is 1.33 bits per heavy atom. The molecule has 0 nitrogen and oxygen atoms in total. The van der Waals surface area contributed by atoms with E-state index in [0.29, 0.717) is 8.45 Å². The van der Waals surface area contributed by atoms with E-state index >= 15 is 0 Å². The number of hydrogen-bond donors (Lipinski definition) is 0. The average molecular weight is 528 g/mol. The Morgan fingerprint density at radius 3 is 2.14 bits per heavy atom. The summed E-state index contributed by atoms with van der Waals surface area (Å²) >= 11 is -0.338. The first-order valence-electron chi connectivity index (χ1n) is 11.9. The van der Waals surface area contributed by atoms with Crippen LogP contribution < -0.4 is 14.7 Å². The molecular formula is C32H27F2PTi. The molecule has 0 spiro atoms. The fraction of sp³-hybridized carbons (Fsp3) is 0.125. The van der Waals surface area contributed by atoms with Gasteiger partial charge in [0.05, 0.1) is 0 Å². The van der Waals surface area contributed by atoms with Crippen molar-refractivity contribution < 1.29 is 28.6 Å². The largest absolute Gasteiger partial charge is 1.00 e. The van der Waals surface area contributed by atoms with Crippen molar-refractivity contribution in [2.45, 2.75) is 22.3 Å². The molecule has 0 aromatic heterocycles. The molecule has 4 heteroatoms. The molecule has 3 unspecified atom stereocenters. The molecule has 36 heavy (non-hydrogen) atoms. The zero-order valence-electron chi connectivity index (χ0n) is 20.3. The number of allylic oxidation sites excluding steroid dienone is 2. The third-order valence-corrected chi connectivity index (χ3v) is 12.3. The summed E-state index contributed by atoms with van der Waals surface area (Å²) in [6, 6.07) is 35.8. The third-order valence-electron chi connectivity index (χ3n) is 7.05. The van der Waals surface area contributed by atoms with E-state index in [4.69, 9.17) is 0 Å². The van der Waals surface area contributed by atoms with Crippen molar-refractivity contribution >= 4 is 26.0 Å². The molecule has 0 saturated carbocycles. The number of fused-ring (bicyclic) bond motifs is 2.